The van der Waals surface area contributed by atoms with E-state index in [2.05, 4.69) is 10.3 Å². The first kappa shape index (κ1) is 21.1. The third-order valence-corrected chi connectivity index (χ3v) is 7.33. The number of nitrogens with one attached hydrogen (secondary N) is 1. The van der Waals surface area contributed by atoms with Crippen LogP contribution in [0.2, 0.25) is 0 Å². The first-order chi connectivity index (χ1) is 14.8. The van der Waals surface area contributed by atoms with Gasteiger partial charge >= 0.3 is 0 Å². The van der Waals surface area contributed by atoms with Gasteiger partial charge in [-0.25, -0.2) is 8.42 Å². The molecule has 6 nitrogen and oxygen atoms in total. The number of aryl methyl sites for hydroxylation is 4. The van der Waals surface area contributed by atoms with Gasteiger partial charge < -0.3 is 5.32 Å². The maximum atomic E-state index is 13.4. The summed E-state index contributed by atoms with van der Waals surface area (Å²) in [5, 5.41) is 2.89. The van der Waals surface area contributed by atoms with Gasteiger partial charge in [-0.2, -0.15) is 0 Å². The average molecular weight is 436 g/mol. The predicted octanol–water partition coefficient (Wildman–Crippen LogP) is 4.40. The number of fused-ring (bicyclic) bond motifs is 1. The quantitative estimate of drug-likeness (QED) is 0.659. The molecule has 31 heavy (non-hydrogen) atoms. The lowest BCUT2D eigenvalue weighted by Crippen LogP contribution is -2.35. The summed E-state index contributed by atoms with van der Waals surface area (Å²) < 4.78 is 28.3. The Hall–Kier alpha value is -3.19. The number of nitrogens with zero attached hydrogens (tertiary/aromatic N) is 2. The molecule has 0 spiro atoms. The molecule has 1 N–H and O–H groups in total. The zero-order valence-electron chi connectivity index (χ0n) is 17.8. The van der Waals surface area contributed by atoms with Crippen LogP contribution < -0.4 is 9.62 Å². The Morgan fingerprint density at radius 3 is 2.58 bits per heavy atom. The topological polar surface area (TPSA) is 79.4 Å². The lowest BCUT2D eigenvalue weighted by Gasteiger charge is -2.30. The van der Waals surface area contributed by atoms with Crippen LogP contribution in [0.15, 0.2) is 59.5 Å². The SMILES string of the molecule is Cc1cc(C)c(NC(=O)c2cccc(S(=O)(=O)N3CCCc4ccccc43)c2)c(C)n1. The summed E-state index contributed by atoms with van der Waals surface area (Å²) in [5.74, 6) is -0.368. The number of hydrogen-bond donors (Lipinski definition) is 1. The zero-order chi connectivity index (χ0) is 22.2. The van der Waals surface area contributed by atoms with Gasteiger partial charge in [0.1, 0.15) is 0 Å². The number of benzene rings is 2. The Morgan fingerprint density at radius 2 is 1.81 bits per heavy atom. The minimum atomic E-state index is -3.79. The van der Waals surface area contributed by atoms with E-state index in [1.54, 1.807) is 12.1 Å². The van der Waals surface area contributed by atoms with Crippen LogP contribution >= 0.6 is 0 Å². The molecule has 1 aliphatic heterocycles. The van der Waals surface area contributed by atoms with Gasteiger partial charge in [0.25, 0.3) is 15.9 Å². The second kappa shape index (κ2) is 8.15. The first-order valence-corrected chi connectivity index (χ1v) is 11.7. The molecular formula is C24H25N3O3S. The van der Waals surface area contributed by atoms with Crippen molar-refractivity contribution in [2.75, 3.05) is 16.2 Å². The lowest BCUT2D eigenvalue weighted by atomic mass is 10.0. The molecule has 0 aliphatic carbocycles. The van der Waals surface area contributed by atoms with Crippen molar-refractivity contribution in [2.45, 2.75) is 38.5 Å². The van der Waals surface area contributed by atoms with E-state index >= 15 is 0 Å². The van der Waals surface area contributed by atoms with E-state index in [9.17, 15) is 13.2 Å². The van der Waals surface area contributed by atoms with E-state index < -0.39 is 10.0 Å². The van der Waals surface area contributed by atoms with E-state index in [1.807, 2.05) is 51.1 Å². The maximum Gasteiger partial charge on any atom is 0.264 e. The van der Waals surface area contributed by atoms with E-state index in [1.165, 1.54) is 16.4 Å². The smallest absolute Gasteiger partial charge is 0.264 e. The van der Waals surface area contributed by atoms with Crippen LogP contribution in [-0.4, -0.2) is 25.9 Å². The van der Waals surface area contributed by atoms with Crippen LogP contribution in [0.4, 0.5) is 11.4 Å². The minimum Gasteiger partial charge on any atom is -0.320 e. The molecule has 0 atom stereocenters. The summed E-state index contributed by atoms with van der Waals surface area (Å²) in [7, 11) is -3.79. The molecule has 7 heteroatoms. The van der Waals surface area contributed by atoms with Crippen molar-refractivity contribution >= 4 is 27.3 Å². The summed E-state index contributed by atoms with van der Waals surface area (Å²) in [6.07, 6.45) is 1.61. The summed E-state index contributed by atoms with van der Waals surface area (Å²) in [6.45, 7) is 6.07. The highest BCUT2D eigenvalue weighted by molar-refractivity contribution is 7.92. The molecule has 2 heterocycles. The van der Waals surface area contributed by atoms with Crippen LogP contribution in [0, 0.1) is 20.8 Å². The number of sulfonamides is 1. The van der Waals surface area contributed by atoms with Crippen LogP contribution in [0.3, 0.4) is 0 Å². The van der Waals surface area contributed by atoms with Crippen LogP contribution in [0.25, 0.3) is 0 Å². The van der Waals surface area contributed by atoms with Crippen molar-refractivity contribution in [1.82, 2.24) is 4.98 Å². The zero-order valence-corrected chi connectivity index (χ0v) is 18.7. The molecule has 0 saturated heterocycles. The van der Waals surface area contributed by atoms with Crippen LogP contribution in [0.1, 0.15) is 39.3 Å². The molecule has 1 aliphatic rings. The van der Waals surface area contributed by atoms with Crippen molar-refractivity contribution < 1.29 is 13.2 Å². The fourth-order valence-electron chi connectivity index (χ4n) is 4.07. The average Bonchev–Trinajstić information content (AvgIpc) is 2.75. The van der Waals surface area contributed by atoms with Gasteiger partial charge in [0, 0.05) is 17.8 Å². The van der Waals surface area contributed by atoms with Crippen molar-refractivity contribution in [2.24, 2.45) is 0 Å². The monoisotopic (exact) mass is 435 g/mol. The van der Waals surface area contributed by atoms with Crippen LogP contribution in [-0.2, 0) is 16.4 Å². The summed E-state index contributed by atoms with van der Waals surface area (Å²) in [6, 6.07) is 15.6. The normalized spacial score (nSPS) is 13.6. The van der Waals surface area contributed by atoms with E-state index in [4.69, 9.17) is 0 Å². The summed E-state index contributed by atoms with van der Waals surface area (Å²) in [5.41, 5.74) is 5.17. The van der Waals surface area contributed by atoms with Gasteiger partial charge in [0.05, 0.1) is 22.0 Å². The van der Waals surface area contributed by atoms with E-state index in [-0.39, 0.29) is 16.4 Å². The van der Waals surface area contributed by atoms with Gasteiger partial charge in [-0.1, -0.05) is 24.3 Å². The maximum absolute atomic E-state index is 13.4. The molecule has 0 unspecified atom stereocenters. The van der Waals surface area contributed by atoms with E-state index in [0.717, 1.165) is 35.4 Å². The first-order valence-electron chi connectivity index (χ1n) is 10.2. The number of carbonyl (C=O) groups is 1. The molecule has 1 amide bonds. The minimum absolute atomic E-state index is 0.104. The summed E-state index contributed by atoms with van der Waals surface area (Å²) in [4.78, 5) is 17.4. The molecule has 0 fully saturated rings. The van der Waals surface area contributed by atoms with Crippen molar-refractivity contribution in [3.63, 3.8) is 0 Å². The van der Waals surface area contributed by atoms with Crippen LogP contribution in [0.5, 0.6) is 0 Å². The largest absolute Gasteiger partial charge is 0.320 e. The molecule has 160 valence electrons. The molecule has 4 rings (SSSR count). The Balaban J connectivity index is 1.65. The fraction of sp³-hybridized carbons (Fsp3) is 0.250. The third-order valence-electron chi connectivity index (χ3n) is 5.52. The Morgan fingerprint density at radius 1 is 1.03 bits per heavy atom. The number of carbonyl (C=O) groups excluding carboxylic acids is 1. The molecule has 0 bridgehead atoms. The molecule has 0 saturated carbocycles. The van der Waals surface area contributed by atoms with E-state index in [0.29, 0.717) is 17.9 Å². The lowest BCUT2D eigenvalue weighted by molar-refractivity contribution is 0.102. The highest BCUT2D eigenvalue weighted by Gasteiger charge is 2.29. The molecular weight excluding hydrogens is 410 g/mol. The third kappa shape index (κ3) is 4.05. The summed E-state index contributed by atoms with van der Waals surface area (Å²) >= 11 is 0. The number of para-hydroxylation sites is 1. The Labute approximate surface area is 183 Å². The number of amides is 1. The van der Waals surface area contributed by atoms with Gasteiger partial charge in [-0.3, -0.25) is 14.1 Å². The predicted molar refractivity (Wildman–Crippen MR) is 122 cm³/mol. The van der Waals surface area contributed by atoms with Gasteiger partial charge in [0.15, 0.2) is 0 Å². The van der Waals surface area contributed by atoms with Gasteiger partial charge in [-0.05, 0) is 75.1 Å². The molecule has 2 aromatic carbocycles. The van der Waals surface area contributed by atoms with Gasteiger partial charge in [-0.15, -0.1) is 0 Å². The number of rotatable bonds is 4. The van der Waals surface area contributed by atoms with Crippen molar-refractivity contribution in [3.8, 4) is 0 Å². The Bertz CT molecular complexity index is 1250. The second-order valence-corrected chi connectivity index (χ2v) is 9.69. The van der Waals surface area contributed by atoms with Crippen molar-refractivity contribution in [1.29, 1.82) is 0 Å². The number of aromatic nitrogens is 1. The van der Waals surface area contributed by atoms with Gasteiger partial charge in [0.2, 0.25) is 0 Å². The molecule has 0 radical (unpaired) electrons. The molecule has 1 aromatic heterocycles. The highest BCUT2D eigenvalue weighted by atomic mass is 32.2. The number of hydrogen-bond acceptors (Lipinski definition) is 4. The number of pyridine rings is 1. The number of anilines is 2. The standard InChI is InChI=1S/C24H25N3O3S/c1-16-14-17(2)25-18(3)23(16)26-24(28)20-9-6-11-21(15-20)31(29,30)27-13-7-10-19-8-4-5-12-22(19)27/h4-6,8-9,11-12,14-15H,7,10,13H2,1-3H3,(H,26,28). The fourth-order valence-corrected chi connectivity index (χ4v) is 5.66. The highest BCUT2D eigenvalue weighted by Crippen LogP contribution is 2.32. The Kier molecular flexibility index (Phi) is 5.54. The molecule has 3 aromatic rings. The van der Waals surface area contributed by atoms with Crippen molar-refractivity contribution in [3.05, 3.63) is 82.7 Å². The second-order valence-electron chi connectivity index (χ2n) is 7.83.